The summed E-state index contributed by atoms with van der Waals surface area (Å²) in [6, 6.07) is 4.08. The van der Waals surface area contributed by atoms with Gasteiger partial charge in [0.1, 0.15) is 5.82 Å². The molecule has 0 bridgehead atoms. The zero-order chi connectivity index (χ0) is 22.4. The largest absolute Gasteiger partial charge is 0.364 e. The van der Waals surface area contributed by atoms with Gasteiger partial charge in [0.2, 0.25) is 5.91 Å². The fourth-order valence-corrected chi connectivity index (χ4v) is 2.81. The summed E-state index contributed by atoms with van der Waals surface area (Å²) < 4.78 is 14.2. The second-order valence-corrected chi connectivity index (χ2v) is 7.11. The van der Waals surface area contributed by atoms with Crippen LogP contribution in [0.4, 0.5) is 21.7 Å². The molecule has 0 saturated carbocycles. The molecule has 30 heavy (non-hydrogen) atoms. The number of amides is 2. The number of anilines is 3. The second kappa shape index (κ2) is 9.97. The Bertz CT molecular complexity index is 934. The number of primary amides is 1. The number of hydrogen-bond donors (Lipinski definition) is 4. The number of aryl methyl sites for hydroxylation is 1. The molecule has 5 N–H and O–H groups in total. The van der Waals surface area contributed by atoms with Gasteiger partial charge in [-0.1, -0.05) is 0 Å². The first-order chi connectivity index (χ1) is 14.1. The fourth-order valence-electron chi connectivity index (χ4n) is 2.81. The summed E-state index contributed by atoms with van der Waals surface area (Å²) in [5.41, 5.74) is 7.02. The van der Waals surface area contributed by atoms with E-state index in [-0.39, 0.29) is 23.5 Å². The average Bonchev–Trinajstić information content (AvgIpc) is 2.67. The molecule has 2 rings (SSSR count). The van der Waals surface area contributed by atoms with Crippen molar-refractivity contribution in [2.24, 2.45) is 5.73 Å². The van der Waals surface area contributed by atoms with Crippen LogP contribution < -0.4 is 26.6 Å². The van der Waals surface area contributed by atoms with Gasteiger partial charge in [-0.05, 0) is 51.1 Å². The lowest BCUT2D eigenvalue weighted by Gasteiger charge is -2.17. The Morgan fingerprint density at radius 2 is 1.93 bits per heavy atom. The lowest BCUT2D eigenvalue weighted by Crippen LogP contribution is -2.41. The first-order valence-electron chi connectivity index (χ1n) is 9.49. The van der Waals surface area contributed by atoms with E-state index in [2.05, 4.69) is 25.9 Å². The molecular formula is C20H28FN7O2. The van der Waals surface area contributed by atoms with Crippen molar-refractivity contribution in [1.29, 1.82) is 0 Å². The summed E-state index contributed by atoms with van der Waals surface area (Å²) in [4.78, 5) is 34.1. The Kier molecular flexibility index (Phi) is 7.65. The summed E-state index contributed by atoms with van der Waals surface area (Å²) in [6.45, 7) is 3.83. The standard InChI is InChI=1S/C20H28FN7O2/c1-11-19(28(4)5)27-18(16(25-11)17(22)29)26-15-9-13(8-14(21)10-15)6-7-24-20(30)12(2)23-3/h8-10,12,23H,6-7H2,1-5H3,(H2,22,29)(H,24,30)(H,26,27)/t12-/m0/s1. The molecule has 1 aromatic heterocycles. The third-order valence-electron chi connectivity index (χ3n) is 4.46. The number of halogens is 1. The molecule has 0 aliphatic heterocycles. The van der Waals surface area contributed by atoms with Gasteiger partial charge in [0.05, 0.1) is 11.7 Å². The van der Waals surface area contributed by atoms with Crippen molar-refractivity contribution < 1.29 is 14.0 Å². The fraction of sp³-hybridized carbons (Fsp3) is 0.400. The number of rotatable bonds is 9. The number of carbonyl (C=O) groups excluding carboxylic acids is 2. The van der Waals surface area contributed by atoms with Gasteiger partial charge in [0.15, 0.2) is 17.3 Å². The summed E-state index contributed by atoms with van der Waals surface area (Å²) in [5, 5.41) is 8.59. The summed E-state index contributed by atoms with van der Waals surface area (Å²) in [5.74, 6) is -0.635. The van der Waals surface area contributed by atoms with E-state index in [9.17, 15) is 14.0 Å². The molecule has 0 radical (unpaired) electrons. The Hall–Kier alpha value is -3.27. The lowest BCUT2D eigenvalue weighted by atomic mass is 10.1. The van der Waals surface area contributed by atoms with Crippen LogP contribution in [-0.2, 0) is 11.2 Å². The summed E-state index contributed by atoms with van der Waals surface area (Å²) in [7, 11) is 5.30. The van der Waals surface area contributed by atoms with Crippen LogP contribution in [0, 0.1) is 12.7 Å². The van der Waals surface area contributed by atoms with E-state index in [0.29, 0.717) is 35.7 Å². The maximum atomic E-state index is 14.2. The molecule has 0 saturated heterocycles. The van der Waals surface area contributed by atoms with Gasteiger partial charge in [-0.25, -0.2) is 14.4 Å². The molecule has 2 amide bonds. The predicted molar refractivity (Wildman–Crippen MR) is 115 cm³/mol. The van der Waals surface area contributed by atoms with Gasteiger partial charge in [0.25, 0.3) is 5.91 Å². The molecule has 0 spiro atoms. The van der Waals surface area contributed by atoms with E-state index in [1.165, 1.54) is 12.1 Å². The van der Waals surface area contributed by atoms with Crippen LogP contribution in [0.1, 0.15) is 28.7 Å². The van der Waals surface area contributed by atoms with Gasteiger partial charge in [-0.2, -0.15) is 0 Å². The first-order valence-corrected chi connectivity index (χ1v) is 9.49. The van der Waals surface area contributed by atoms with E-state index in [0.717, 1.165) is 0 Å². The number of nitrogens with zero attached hydrogens (tertiary/aromatic N) is 3. The molecule has 0 fully saturated rings. The highest BCUT2D eigenvalue weighted by Crippen LogP contribution is 2.24. The minimum absolute atomic E-state index is 0.0303. The molecule has 1 aromatic carbocycles. The molecular weight excluding hydrogens is 389 g/mol. The Morgan fingerprint density at radius 3 is 2.53 bits per heavy atom. The Labute approximate surface area is 175 Å². The first kappa shape index (κ1) is 23.0. The van der Waals surface area contributed by atoms with Crippen LogP contribution in [-0.4, -0.2) is 55.5 Å². The molecule has 162 valence electrons. The number of nitrogens with one attached hydrogen (secondary N) is 3. The van der Waals surface area contributed by atoms with E-state index in [4.69, 9.17) is 5.73 Å². The van der Waals surface area contributed by atoms with E-state index in [1.54, 1.807) is 46.0 Å². The topological polar surface area (TPSA) is 125 Å². The minimum Gasteiger partial charge on any atom is -0.364 e. The average molecular weight is 417 g/mol. The highest BCUT2D eigenvalue weighted by molar-refractivity contribution is 5.96. The molecule has 9 nitrogen and oxygen atoms in total. The Balaban J connectivity index is 2.24. The van der Waals surface area contributed by atoms with Crippen molar-refractivity contribution >= 4 is 29.1 Å². The van der Waals surface area contributed by atoms with Crippen molar-refractivity contribution in [2.75, 3.05) is 37.9 Å². The molecule has 0 aliphatic rings. The SMILES string of the molecule is CN[C@@H](C)C(=O)NCCc1cc(F)cc(Nc2nc(N(C)C)c(C)nc2C(N)=O)c1. The zero-order valence-electron chi connectivity index (χ0n) is 17.8. The van der Waals surface area contributed by atoms with Crippen molar-refractivity contribution in [2.45, 2.75) is 26.3 Å². The van der Waals surface area contributed by atoms with Crippen LogP contribution in [0.15, 0.2) is 18.2 Å². The monoisotopic (exact) mass is 417 g/mol. The van der Waals surface area contributed by atoms with E-state index in [1.807, 2.05) is 0 Å². The van der Waals surface area contributed by atoms with E-state index < -0.39 is 11.7 Å². The molecule has 0 unspecified atom stereocenters. The van der Waals surface area contributed by atoms with Crippen LogP contribution in [0.25, 0.3) is 0 Å². The van der Waals surface area contributed by atoms with Crippen molar-refractivity contribution in [3.63, 3.8) is 0 Å². The molecule has 2 aromatic rings. The van der Waals surface area contributed by atoms with Crippen molar-refractivity contribution in [1.82, 2.24) is 20.6 Å². The number of likely N-dealkylation sites (N-methyl/N-ethyl adjacent to an activating group) is 1. The van der Waals surface area contributed by atoms with Crippen molar-refractivity contribution in [3.8, 4) is 0 Å². The van der Waals surface area contributed by atoms with Crippen molar-refractivity contribution in [3.05, 3.63) is 41.0 Å². The third-order valence-corrected chi connectivity index (χ3v) is 4.46. The highest BCUT2D eigenvalue weighted by atomic mass is 19.1. The predicted octanol–water partition coefficient (Wildman–Crippen LogP) is 1.10. The number of aromatic nitrogens is 2. The molecule has 1 atom stereocenters. The molecule has 10 heteroatoms. The number of carbonyl (C=O) groups is 2. The normalized spacial score (nSPS) is 11.7. The van der Waals surface area contributed by atoms with Gasteiger partial charge < -0.3 is 26.6 Å². The third kappa shape index (κ3) is 5.86. The van der Waals surface area contributed by atoms with E-state index >= 15 is 0 Å². The molecule has 1 heterocycles. The quantitative estimate of drug-likeness (QED) is 0.481. The lowest BCUT2D eigenvalue weighted by molar-refractivity contribution is -0.122. The Morgan fingerprint density at radius 1 is 1.23 bits per heavy atom. The zero-order valence-corrected chi connectivity index (χ0v) is 17.8. The van der Waals surface area contributed by atoms with Crippen LogP contribution in [0.3, 0.4) is 0 Å². The summed E-state index contributed by atoms with van der Waals surface area (Å²) in [6.07, 6.45) is 0.430. The van der Waals surface area contributed by atoms with Gasteiger partial charge in [-0.15, -0.1) is 0 Å². The number of hydrogen-bond acceptors (Lipinski definition) is 7. The van der Waals surface area contributed by atoms with Crippen LogP contribution in [0.2, 0.25) is 0 Å². The van der Waals surface area contributed by atoms with Gasteiger partial charge >= 0.3 is 0 Å². The second-order valence-electron chi connectivity index (χ2n) is 7.11. The smallest absolute Gasteiger partial charge is 0.271 e. The maximum Gasteiger partial charge on any atom is 0.271 e. The molecule has 0 aliphatic carbocycles. The van der Waals surface area contributed by atoms with Gasteiger partial charge in [-0.3, -0.25) is 9.59 Å². The number of nitrogens with two attached hydrogens (primary N) is 1. The highest BCUT2D eigenvalue weighted by Gasteiger charge is 2.17. The van der Waals surface area contributed by atoms with Gasteiger partial charge in [0, 0.05) is 26.3 Å². The van der Waals surface area contributed by atoms with Crippen LogP contribution in [0.5, 0.6) is 0 Å². The summed E-state index contributed by atoms with van der Waals surface area (Å²) >= 11 is 0. The van der Waals surface area contributed by atoms with Crippen LogP contribution >= 0.6 is 0 Å². The maximum absolute atomic E-state index is 14.2. The number of benzene rings is 1. The minimum atomic E-state index is -0.739.